The SMILES string of the molecule is O=C(c1cccs1)N1CCCC[C@H]1c1ccn2nccc2n1. The third-order valence-corrected chi connectivity index (χ3v) is 4.97. The van der Waals surface area contributed by atoms with Gasteiger partial charge in [-0.1, -0.05) is 6.07 Å². The second-order valence-electron chi connectivity index (χ2n) is 5.47. The van der Waals surface area contributed by atoms with Gasteiger partial charge in [-0.05, 0) is 36.8 Å². The molecule has 112 valence electrons. The van der Waals surface area contributed by atoms with E-state index >= 15 is 0 Å². The number of carbonyl (C=O) groups is 1. The van der Waals surface area contributed by atoms with Crippen molar-refractivity contribution in [3.63, 3.8) is 0 Å². The second kappa shape index (κ2) is 5.53. The van der Waals surface area contributed by atoms with E-state index in [0.29, 0.717) is 0 Å². The van der Waals surface area contributed by atoms with Gasteiger partial charge in [-0.15, -0.1) is 11.3 Å². The molecule has 0 saturated carbocycles. The van der Waals surface area contributed by atoms with Crippen LogP contribution in [0.5, 0.6) is 0 Å². The van der Waals surface area contributed by atoms with Crippen LogP contribution >= 0.6 is 11.3 Å². The van der Waals surface area contributed by atoms with Crippen LogP contribution in [0.1, 0.15) is 40.7 Å². The molecule has 3 aromatic rings. The first-order chi connectivity index (χ1) is 10.8. The molecule has 1 aliphatic rings. The first kappa shape index (κ1) is 13.5. The number of nitrogens with zero attached hydrogens (tertiary/aromatic N) is 4. The van der Waals surface area contributed by atoms with Crippen molar-refractivity contribution in [1.82, 2.24) is 19.5 Å². The molecular formula is C16H16N4OS. The van der Waals surface area contributed by atoms with Crippen molar-refractivity contribution in [1.29, 1.82) is 0 Å². The largest absolute Gasteiger partial charge is 0.329 e. The molecule has 0 radical (unpaired) electrons. The molecule has 5 nitrogen and oxygen atoms in total. The van der Waals surface area contributed by atoms with Gasteiger partial charge in [0.1, 0.15) is 0 Å². The normalized spacial score (nSPS) is 18.7. The van der Waals surface area contributed by atoms with Gasteiger partial charge in [-0.3, -0.25) is 4.79 Å². The summed E-state index contributed by atoms with van der Waals surface area (Å²) in [4.78, 5) is 20.2. The van der Waals surface area contributed by atoms with Gasteiger partial charge in [0, 0.05) is 18.8 Å². The summed E-state index contributed by atoms with van der Waals surface area (Å²) >= 11 is 1.50. The Balaban J connectivity index is 1.69. The van der Waals surface area contributed by atoms with Crippen LogP contribution in [0.15, 0.2) is 42.0 Å². The summed E-state index contributed by atoms with van der Waals surface area (Å²) in [5, 5.41) is 6.12. The zero-order valence-electron chi connectivity index (χ0n) is 12.1. The quantitative estimate of drug-likeness (QED) is 0.730. The predicted molar refractivity (Wildman–Crippen MR) is 84.9 cm³/mol. The van der Waals surface area contributed by atoms with Gasteiger partial charge in [0.15, 0.2) is 5.65 Å². The third kappa shape index (κ3) is 2.29. The third-order valence-electron chi connectivity index (χ3n) is 4.12. The molecule has 0 bridgehead atoms. The highest BCUT2D eigenvalue weighted by molar-refractivity contribution is 7.12. The predicted octanol–water partition coefficient (Wildman–Crippen LogP) is 3.16. The first-order valence-electron chi connectivity index (χ1n) is 7.48. The van der Waals surface area contributed by atoms with Gasteiger partial charge in [0.25, 0.3) is 5.91 Å². The summed E-state index contributed by atoms with van der Waals surface area (Å²) in [7, 11) is 0. The standard InChI is InChI=1S/C16H16N4OS/c21-16(14-5-3-11-22-14)19-9-2-1-4-13(19)12-7-10-20-15(18-12)6-8-17-20/h3,5-8,10-11,13H,1-2,4,9H2/t13-/m0/s1. The molecule has 1 aliphatic heterocycles. The molecule has 1 fully saturated rings. The van der Waals surface area contributed by atoms with Crippen LogP contribution in [0.4, 0.5) is 0 Å². The van der Waals surface area contributed by atoms with Gasteiger partial charge in [0.2, 0.25) is 0 Å². The molecule has 4 heterocycles. The molecule has 0 spiro atoms. The Hall–Kier alpha value is -2.21. The fraction of sp³-hybridized carbons (Fsp3) is 0.312. The highest BCUT2D eigenvalue weighted by atomic mass is 32.1. The number of piperidine rings is 1. The fourth-order valence-corrected chi connectivity index (χ4v) is 3.72. The van der Waals surface area contributed by atoms with Gasteiger partial charge < -0.3 is 4.90 Å². The minimum Gasteiger partial charge on any atom is -0.329 e. The smallest absolute Gasteiger partial charge is 0.264 e. The minimum absolute atomic E-state index is 0.0586. The van der Waals surface area contributed by atoms with Gasteiger partial charge in [-0.25, -0.2) is 9.50 Å². The van der Waals surface area contributed by atoms with Crippen LogP contribution in [0.3, 0.4) is 0 Å². The van der Waals surface area contributed by atoms with Crippen molar-refractivity contribution in [3.05, 3.63) is 52.6 Å². The number of thiophene rings is 1. The lowest BCUT2D eigenvalue weighted by atomic mass is 9.99. The van der Waals surface area contributed by atoms with E-state index in [4.69, 9.17) is 0 Å². The molecule has 1 saturated heterocycles. The lowest BCUT2D eigenvalue weighted by molar-refractivity contribution is 0.0611. The zero-order chi connectivity index (χ0) is 14.9. The van der Waals surface area contributed by atoms with E-state index in [-0.39, 0.29) is 11.9 Å². The van der Waals surface area contributed by atoms with E-state index in [1.165, 1.54) is 11.3 Å². The monoisotopic (exact) mass is 312 g/mol. The Morgan fingerprint density at radius 3 is 3.09 bits per heavy atom. The van der Waals surface area contributed by atoms with Crippen molar-refractivity contribution in [3.8, 4) is 0 Å². The second-order valence-corrected chi connectivity index (χ2v) is 6.42. The van der Waals surface area contributed by atoms with Crippen molar-refractivity contribution in [2.75, 3.05) is 6.54 Å². The van der Waals surface area contributed by atoms with Crippen LogP contribution in [-0.4, -0.2) is 31.9 Å². The maximum absolute atomic E-state index is 12.7. The number of aromatic nitrogens is 3. The summed E-state index contributed by atoms with van der Waals surface area (Å²) < 4.78 is 1.75. The maximum Gasteiger partial charge on any atom is 0.264 e. The molecule has 0 N–H and O–H groups in total. The van der Waals surface area contributed by atoms with Crippen molar-refractivity contribution >= 4 is 22.9 Å². The van der Waals surface area contributed by atoms with Gasteiger partial charge >= 0.3 is 0 Å². The molecule has 6 heteroatoms. The lowest BCUT2D eigenvalue weighted by Gasteiger charge is -2.35. The summed E-state index contributed by atoms with van der Waals surface area (Å²) in [5.74, 6) is 0.120. The number of hydrogen-bond donors (Lipinski definition) is 0. The first-order valence-corrected chi connectivity index (χ1v) is 8.36. The van der Waals surface area contributed by atoms with Crippen molar-refractivity contribution in [2.45, 2.75) is 25.3 Å². The highest BCUT2D eigenvalue weighted by Crippen LogP contribution is 2.31. The Morgan fingerprint density at radius 1 is 1.27 bits per heavy atom. The van der Waals surface area contributed by atoms with Crippen LogP contribution in [-0.2, 0) is 0 Å². The molecular weight excluding hydrogens is 296 g/mol. The Bertz CT molecular complexity index is 795. The van der Waals surface area contributed by atoms with Crippen LogP contribution in [0, 0.1) is 0 Å². The number of likely N-dealkylation sites (tertiary alicyclic amines) is 1. The lowest BCUT2D eigenvalue weighted by Crippen LogP contribution is -2.38. The minimum atomic E-state index is 0.0586. The van der Waals surface area contributed by atoms with Crippen LogP contribution < -0.4 is 0 Å². The fourth-order valence-electron chi connectivity index (χ4n) is 3.04. The van der Waals surface area contributed by atoms with Crippen LogP contribution in [0.2, 0.25) is 0 Å². The number of amides is 1. The van der Waals surface area contributed by atoms with Gasteiger partial charge in [-0.2, -0.15) is 5.10 Å². The Labute approximate surface area is 132 Å². The Morgan fingerprint density at radius 2 is 2.23 bits per heavy atom. The van der Waals surface area contributed by atoms with Gasteiger partial charge in [0.05, 0.1) is 22.8 Å². The molecule has 0 aromatic carbocycles. The molecule has 0 unspecified atom stereocenters. The van der Waals surface area contributed by atoms with Crippen molar-refractivity contribution < 1.29 is 4.79 Å². The van der Waals surface area contributed by atoms with E-state index in [9.17, 15) is 4.79 Å². The number of carbonyl (C=O) groups excluding carboxylic acids is 1. The maximum atomic E-state index is 12.7. The Kier molecular flexibility index (Phi) is 3.38. The summed E-state index contributed by atoms with van der Waals surface area (Å²) in [5.41, 5.74) is 1.78. The highest BCUT2D eigenvalue weighted by Gasteiger charge is 2.30. The van der Waals surface area contributed by atoms with E-state index in [0.717, 1.165) is 42.0 Å². The number of hydrogen-bond acceptors (Lipinski definition) is 4. The average molecular weight is 312 g/mol. The van der Waals surface area contributed by atoms with E-state index in [2.05, 4.69) is 10.1 Å². The molecule has 3 aromatic heterocycles. The number of fused-ring (bicyclic) bond motifs is 1. The van der Waals surface area contributed by atoms with E-state index < -0.39 is 0 Å². The van der Waals surface area contributed by atoms with E-state index in [1.807, 2.05) is 40.7 Å². The molecule has 1 amide bonds. The number of rotatable bonds is 2. The molecule has 4 rings (SSSR count). The summed E-state index contributed by atoms with van der Waals surface area (Å²) in [6.07, 6.45) is 6.81. The van der Waals surface area contributed by atoms with E-state index in [1.54, 1.807) is 10.7 Å². The summed E-state index contributed by atoms with van der Waals surface area (Å²) in [6.45, 7) is 0.799. The summed E-state index contributed by atoms with van der Waals surface area (Å²) in [6, 6.07) is 7.74. The van der Waals surface area contributed by atoms with Crippen LogP contribution in [0.25, 0.3) is 5.65 Å². The van der Waals surface area contributed by atoms with Crippen molar-refractivity contribution in [2.24, 2.45) is 0 Å². The molecule has 0 aliphatic carbocycles. The zero-order valence-corrected chi connectivity index (χ0v) is 12.9. The molecule has 1 atom stereocenters. The topological polar surface area (TPSA) is 50.5 Å². The molecule has 22 heavy (non-hydrogen) atoms. The average Bonchev–Trinajstić information content (AvgIpc) is 3.24.